The number of nitrogens with zero attached hydrogens (tertiary/aromatic N) is 1. The summed E-state index contributed by atoms with van der Waals surface area (Å²) in [5.41, 5.74) is 2.89. The predicted molar refractivity (Wildman–Crippen MR) is 66.9 cm³/mol. The lowest BCUT2D eigenvalue weighted by Gasteiger charge is -2.26. The smallest absolute Gasteiger partial charge is 0.258 e. The van der Waals surface area contributed by atoms with Crippen molar-refractivity contribution in [3.05, 3.63) is 28.5 Å². The van der Waals surface area contributed by atoms with E-state index in [1.807, 2.05) is 28.6 Å². The van der Waals surface area contributed by atoms with Gasteiger partial charge in [-0.2, -0.15) is 0 Å². The van der Waals surface area contributed by atoms with E-state index in [1.54, 1.807) is 17.4 Å². The minimum atomic E-state index is -0.0321. The van der Waals surface area contributed by atoms with Crippen molar-refractivity contribution in [2.24, 2.45) is 0 Å². The summed E-state index contributed by atoms with van der Waals surface area (Å²) >= 11 is 1.63. The molecule has 1 N–H and O–H groups in total. The highest BCUT2D eigenvalue weighted by Gasteiger charge is 2.10. The largest absolute Gasteiger partial charge is 0.285 e. The van der Waals surface area contributed by atoms with Crippen LogP contribution in [0.2, 0.25) is 0 Å². The number of rotatable bonds is 3. The summed E-state index contributed by atoms with van der Waals surface area (Å²) in [5, 5.41) is 4.01. The van der Waals surface area contributed by atoms with Crippen LogP contribution in [0.4, 0.5) is 0 Å². The number of piperidine rings is 1. The maximum atomic E-state index is 11.6. The molecule has 0 unspecified atom stereocenters. The fraction of sp³-hybridized carbons (Fsp3) is 0.417. The number of amides is 1. The van der Waals surface area contributed by atoms with E-state index in [-0.39, 0.29) is 5.91 Å². The molecule has 3 nitrogen and oxygen atoms in total. The molecule has 0 aliphatic carbocycles. The van der Waals surface area contributed by atoms with E-state index in [0.29, 0.717) is 0 Å². The molecule has 1 aromatic heterocycles. The van der Waals surface area contributed by atoms with Crippen molar-refractivity contribution >= 4 is 23.3 Å². The molecule has 1 saturated heterocycles. The minimum absolute atomic E-state index is 0.0321. The van der Waals surface area contributed by atoms with Crippen LogP contribution < -0.4 is 5.43 Å². The number of hydrogen-bond acceptors (Lipinski definition) is 3. The molecular formula is C12H16N2OS. The molecule has 1 aliphatic heterocycles. The van der Waals surface area contributed by atoms with E-state index >= 15 is 0 Å². The highest BCUT2D eigenvalue weighted by molar-refractivity contribution is 7.10. The SMILES string of the molecule is O=C(/C=C/c1cccs1)NN1CCCCC1. The summed E-state index contributed by atoms with van der Waals surface area (Å²) in [6, 6.07) is 3.97. The first kappa shape index (κ1) is 11.4. The van der Waals surface area contributed by atoms with Gasteiger partial charge in [0.1, 0.15) is 0 Å². The van der Waals surface area contributed by atoms with Crippen LogP contribution in [0.15, 0.2) is 23.6 Å². The van der Waals surface area contributed by atoms with Gasteiger partial charge < -0.3 is 0 Å². The Balaban J connectivity index is 1.79. The van der Waals surface area contributed by atoms with Crippen molar-refractivity contribution in [1.82, 2.24) is 10.4 Å². The molecule has 1 fully saturated rings. The molecule has 0 saturated carbocycles. The number of thiophene rings is 1. The second-order valence-corrected chi connectivity index (χ2v) is 4.85. The lowest BCUT2D eigenvalue weighted by molar-refractivity contribution is -0.121. The Kier molecular flexibility index (Phi) is 4.13. The van der Waals surface area contributed by atoms with Crippen LogP contribution in [0, 0.1) is 0 Å². The molecule has 2 rings (SSSR count). The Morgan fingerprint density at radius 2 is 2.19 bits per heavy atom. The van der Waals surface area contributed by atoms with Crippen molar-refractivity contribution < 1.29 is 4.79 Å². The first-order chi connectivity index (χ1) is 7.84. The van der Waals surface area contributed by atoms with Crippen molar-refractivity contribution in [2.75, 3.05) is 13.1 Å². The Morgan fingerprint density at radius 1 is 1.38 bits per heavy atom. The van der Waals surface area contributed by atoms with E-state index in [2.05, 4.69) is 5.43 Å². The van der Waals surface area contributed by atoms with Crippen LogP contribution in [0.3, 0.4) is 0 Å². The van der Waals surface area contributed by atoms with Crippen LogP contribution >= 0.6 is 11.3 Å². The third kappa shape index (κ3) is 3.47. The maximum absolute atomic E-state index is 11.6. The monoisotopic (exact) mass is 236 g/mol. The summed E-state index contributed by atoms with van der Waals surface area (Å²) in [6.07, 6.45) is 7.08. The minimum Gasteiger partial charge on any atom is -0.285 e. The lowest BCUT2D eigenvalue weighted by Crippen LogP contribution is -2.44. The molecular weight excluding hydrogens is 220 g/mol. The highest BCUT2D eigenvalue weighted by Crippen LogP contribution is 2.10. The molecule has 2 heterocycles. The molecule has 1 aromatic rings. The zero-order chi connectivity index (χ0) is 11.2. The molecule has 0 radical (unpaired) electrons. The number of carbonyl (C=O) groups excluding carboxylic acids is 1. The molecule has 16 heavy (non-hydrogen) atoms. The quantitative estimate of drug-likeness (QED) is 0.817. The zero-order valence-corrected chi connectivity index (χ0v) is 10.0. The van der Waals surface area contributed by atoms with Crippen LogP contribution in [-0.4, -0.2) is 24.0 Å². The van der Waals surface area contributed by atoms with Crippen LogP contribution in [0.25, 0.3) is 6.08 Å². The van der Waals surface area contributed by atoms with Gasteiger partial charge in [-0.3, -0.25) is 10.2 Å². The van der Waals surface area contributed by atoms with Crippen molar-refractivity contribution in [2.45, 2.75) is 19.3 Å². The first-order valence-electron chi connectivity index (χ1n) is 5.62. The summed E-state index contributed by atoms with van der Waals surface area (Å²) in [7, 11) is 0. The van der Waals surface area contributed by atoms with Gasteiger partial charge in [0.25, 0.3) is 5.91 Å². The van der Waals surface area contributed by atoms with Gasteiger partial charge in [0.05, 0.1) is 0 Å². The van der Waals surface area contributed by atoms with Gasteiger partial charge in [0.15, 0.2) is 0 Å². The molecule has 1 amide bonds. The Morgan fingerprint density at radius 3 is 2.88 bits per heavy atom. The normalized spacial score (nSPS) is 17.8. The summed E-state index contributed by atoms with van der Waals surface area (Å²) in [4.78, 5) is 12.7. The average Bonchev–Trinajstić information content (AvgIpc) is 2.81. The van der Waals surface area contributed by atoms with E-state index in [0.717, 1.165) is 18.0 Å². The molecule has 0 spiro atoms. The standard InChI is InChI=1S/C12H16N2OS/c15-12(7-6-11-5-4-10-16-11)13-14-8-2-1-3-9-14/h4-7,10H,1-3,8-9H2,(H,13,15)/b7-6+. The van der Waals surface area contributed by atoms with E-state index in [1.165, 1.54) is 19.3 Å². The van der Waals surface area contributed by atoms with E-state index in [4.69, 9.17) is 0 Å². The Labute approximate surface area is 99.7 Å². The molecule has 86 valence electrons. The Hall–Kier alpha value is -1.13. The second kappa shape index (κ2) is 5.82. The Bertz CT molecular complexity index is 353. The van der Waals surface area contributed by atoms with Crippen molar-refractivity contribution in [3.8, 4) is 0 Å². The third-order valence-corrected chi connectivity index (χ3v) is 3.40. The predicted octanol–water partition coefficient (Wildman–Crippen LogP) is 2.28. The third-order valence-electron chi connectivity index (χ3n) is 2.57. The number of hydrogen-bond donors (Lipinski definition) is 1. The maximum Gasteiger partial charge on any atom is 0.258 e. The fourth-order valence-electron chi connectivity index (χ4n) is 1.74. The van der Waals surface area contributed by atoms with Gasteiger partial charge in [0.2, 0.25) is 0 Å². The highest BCUT2D eigenvalue weighted by atomic mass is 32.1. The topological polar surface area (TPSA) is 32.3 Å². The van der Waals surface area contributed by atoms with Crippen molar-refractivity contribution in [1.29, 1.82) is 0 Å². The zero-order valence-electron chi connectivity index (χ0n) is 9.19. The number of hydrazine groups is 1. The average molecular weight is 236 g/mol. The molecule has 0 bridgehead atoms. The second-order valence-electron chi connectivity index (χ2n) is 3.87. The molecule has 0 aromatic carbocycles. The summed E-state index contributed by atoms with van der Waals surface area (Å²) < 4.78 is 0. The molecule has 0 atom stereocenters. The van der Waals surface area contributed by atoms with Crippen LogP contribution in [0.5, 0.6) is 0 Å². The lowest BCUT2D eigenvalue weighted by atomic mass is 10.2. The molecule has 1 aliphatic rings. The van der Waals surface area contributed by atoms with Gasteiger partial charge in [-0.15, -0.1) is 11.3 Å². The summed E-state index contributed by atoms with van der Waals surface area (Å²) in [5.74, 6) is -0.0321. The first-order valence-corrected chi connectivity index (χ1v) is 6.50. The van der Waals surface area contributed by atoms with Gasteiger partial charge >= 0.3 is 0 Å². The van der Waals surface area contributed by atoms with Gasteiger partial charge in [-0.1, -0.05) is 12.5 Å². The van der Waals surface area contributed by atoms with Gasteiger partial charge in [0, 0.05) is 24.0 Å². The number of nitrogens with one attached hydrogen (secondary N) is 1. The van der Waals surface area contributed by atoms with Gasteiger partial charge in [-0.25, -0.2) is 5.01 Å². The van der Waals surface area contributed by atoms with Gasteiger partial charge in [-0.05, 0) is 30.4 Å². The van der Waals surface area contributed by atoms with Crippen LogP contribution in [0.1, 0.15) is 24.1 Å². The summed E-state index contributed by atoms with van der Waals surface area (Å²) in [6.45, 7) is 1.94. The van der Waals surface area contributed by atoms with Crippen LogP contribution in [-0.2, 0) is 4.79 Å². The van der Waals surface area contributed by atoms with Crippen molar-refractivity contribution in [3.63, 3.8) is 0 Å². The molecule has 4 heteroatoms. The van der Waals surface area contributed by atoms with E-state index < -0.39 is 0 Å². The number of carbonyl (C=O) groups is 1. The fourth-order valence-corrected chi connectivity index (χ4v) is 2.36. The van der Waals surface area contributed by atoms with E-state index in [9.17, 15) is 4.79 Å².